The first-order valence-electron chi connectivity index (χ1n) is 4.84. The molecule has 0 aromatic carbocycles. The third kappa shape index (κ3) is 1.44. The van der Waals surface area contributed by atoms with E-state index in [2.05, 4.69) is 16.7 Å². The summed E-state index contributed by atoms with van der Waals surface area (Å²) in [6.07, 6.45) is 5.57. The van der Waals surface area contributed by atoms with E-state index >= 15 is 0 Å². The van der Waals surface area contributed by atoms with Gasteiger partial charge in [0.1, 0.15) is 6.04 Å². The third-order valence-electron chi connectivity index (χ3n) is 2.92. The van der Waals surface area contributed by atoms with Crippen LogP contribution in [0.15, 0.2) is 5.11 Å². The average molecular weight is 153 g/mol. The monoisotopic (exact) mass is 153 g/mol. The SMILES string of the molecule is CC[N+]1=N[C@H]2CCC[C@H](C2)C1. The predicted octanol–water partition coefficient (Wildman–Crippen LogP) is 2.04. The van der Waals surface area contributed by atoms with Crippen molar-refractivity contribution in [2.45, 2.75) is 38.6 Å². The van der Waals surface area contributed by atoms with Gasteiger partial charge in [-0.05, 0) is 31.3 Å². The van der Waals surface area contributed by atoms with Gasteiger partial charge in [-0.15, -0.1) is 4.70 Å². The molecule has 11 heavy (non-hydrogen) atoms. The molecule has 0 unspecified atom stereocenters. The van der Waals surface area contributed by atoms with Crippen LogP contribution < -0.4 is 0 Å². The van der Waals surface area contributed by atoms with E-state index in [4.69, 9.17) is 0 Å². The van der Waals surface area contributed by atoms with Gasteiger partial charge in [0.2, 0.25) is 0 Å². The smallest absolute Gasteiger partial charge is 0.127 e. The van der Waals surface area contributed by atoms with Crippen LogP contribution in [0.2, 0.25) is 0 Å². The van der Waals surface area contributed by atoms with Crippen LogP contribution in [0.25, 0.3) is 0 Å². The predicted molar refractivity (Wildman–Crippen MR) is 43.8 cm³/mol. The molecule has 2 atom stereocenters. The molecule has 0 amide bonds. The average Bonchev–Trinajstić information content (AvgIpc) is 2.03. The minimum atomic E-state index is 0.683. The third-order valence-corrected chi connectivity index (χ3v) is 2.92. The molecule has 1 fully saturated rings. The summed E-state index contributed by atoms with van der Waals surface area (Å²) >= 11 is 0. The van der Waals surface area contributed by atoms with Gasteiger partial charge in [0, 0.05) is 5.92 Å². The standard InChI is InChI=1S/C9H17N2/c1-2-11-7-8-4-3-5-9(6-8)10-11/h8-9H,2-7H2,1H3/q+1/t8-,9+/m1/s1. The Morgan fingerprint density at radius 3 is 3.09 bits per heavy atom. The lowest BCUT2D eigenvalue weighted by Crippen LogP contribution is -2.33. The Morgan fingerprint density at radius 1 is 1.45 bits per heavy atom. The molecule has 0 spiro atoms. The Bertz CT molecular complexity index is 174. The van der Waals surface area contributed by atoms with E-state index < -0.39 is 0 Å². The zero-order chi connectivity index (χ0) is 7.68. The fraction of sp³-hybridized carbons (Fsp3) is 1.00. The highest BCUT2D eigenvalue weighted by Gasteiger charge is 2.31. The zero-order valence-electron chi connectivity index (χ0n) is 7.29. The van der Waals surface area contributed by atoms with Crippen LogP contribution in [-0.4, -0.2) is 23.8 Å². The molecule has 62 valence electrons. The van der Waals surface area contributed by atoms with Crippen LogP contribution in [0.4, 0.5) is 0 Å². The van der Waals surface area contributed by atoms with Gasteiger partial charge < -0.3 is 0 Å². The Kier molecular flexibility index (Phi) is 1.93. The van der Waals surface area contributed by atoms with Gasteiger partial charge in [0.15, 0.2) is 13.1 Å². The maximum atomic E-state index is 4.65. The molecule has 0 aromatic heterocycles. The molecule has 2 rings (SSSR count). The largest absolute Gasteiger partial charge is 0.171 e. The van der Waals surface area contributed by atoms with Crippen molar-refractivity contribution in [2.24, 2.45) is 11.0 Å². The number of nitrogens with zero attached hydrogens (tertiary/aromatic N) is 2. The Morgan fingerprint density at radius 2 is 2.36 bits per heavy atom. The van der Waals surface area contributed by atoms with Crippen LogP contribution in [-0.2, 0) is 0 Å². The summed E-state index contributed by atoms with van der Waals surface area (Å²) in [4.78, 5) is 0. The van der Waals surface area contributed by atoms with Crippen molar-refractivity contribution in [2.75, 3.05) is 13.1 Å². The normalized spacial score (nSPS) is 36.6. The van der Waals surface area contributed by atoms with Gasteiger partial charge in [0.05, 0.1) is 0 Å². The molecule has 0 radical (unpaired) electrons. The maximum Gasteiger partial charge on any atom is 0.171 e. The molecule has 2 aliphatic rings. The van der Waals surface area contributed by atoms with Gasteiger partial charge in [-0.3, -0.25) is 0 Å². The van der Waals surface area contributed by atoms with Crippen molar-refractivity contribution in [3.63, 3.8) is 0 Å². The minimum absolute atomic E-state index is 0.683. The second-order valence-electron chi connectivity index (χ2n) is 3.81. The Labute approximate surface area is 68.3 Å². The molecule has 0 N–H and O–H groups in total. The molecule has 2 bridgehead atoms. The molecule has 0 saturated heterocycles. The first kappa shape index (κ1) is 7.26. The lowest BCUT2D eigenvalue weighted by atomic mass is 9.85. The summed E-state index contributed by atoms with van der Waals surface area (Å²) < 4.78 is 2.26. The lowest BCUT2D eigenvalue weighted by molar-refractivity contribution is -0.609. The van der Waals surface area contributed by atoms with Crippen LogP contribution >= 0.6 is 0 Å². The van der Waals surface area contributed by atoms with Gasteiger partial charge in [0.25, 0.3) is 0 Å². The van der Waals surface area contributed by atoms with Crippen molar-refractivity contribution in [1.82, 2.24) is 0 Å². The fourth-order valence-corrected chi connectivity index (χ4v) is 2.32. The van der Waals surface area contributed by atoms with E-state index in [9.17, 15) is 0 Å². The minimum Gasteiger partial charge on any atom is -0.127 e. The number of hydrogen-bond donors (Lipinski definition) is 0. The van der Waals surface area contributed by atoms with Gasteiger partial charge in [-0.2, -0.15) is 0 Å². The molecule has 1 aliphatic carbocycles. The molecule has 1 saturated carbocycles. The summed E-state index contributed by atoms with van der Waals surface area (Å²) in [5.41, 5.74) is 0. The lowest BCUT2D eigenvalue weighted by Gasteiger charge is -2.27. The summed E-state index contributed by atoms with van der Waals surface area (Å²) in [5.74, 6) is 0.964. The van der Waals surface area contributed by atoms with E-state index in [1.807, 2.05) is 0 Å². The molecular weight excluding hydrogens is 136 g/mol. The van der Waals surface area contributed by atoms with Crippen molar-refractivity contribution in [3.05, 3.63) is 0 Å². The van der Waals surface area contributed by atoms with Crippen molar-refractivity contribution in [1.29, 1.82) is 0 Å². The quantitative estimate of drug-likeness (QED) is 0.512. The number of rotatable bonds is 1. The highest BCUT2D eigenvalue weighted by molar-refractivity contribution is 4.77. The molecule has 2 nitrogen and oxygen atoms in total. The molecule has 2 heteroatoms. The van der Waals surface area contributed by atoms with Gasteiger partial charge >= 0.3 is 0 Å². The second kappa shape index (κ2) is 2.92. The van der Waals surface area contributed by atoms with E-state index in [0.29, 0.717) is 6.04 Å². The second-order valence-corrected chi connectivity index (χ2v) is 3.81. The number of azo groups is 2. The van der Waals surface area contributed by atoms with Crippen molar-refractivity contribution < 1.29 is 4.70 Å². The summed E-state index contributed by atoms with van der Waals surface area (Å²) in [6, 6.07) is 0.683. The van der Waals surface area contributed by atoms with Crippen LogP contribution in [0.5, 0.6) is 0 Å². The van der Waals surface area contributed by atoms with E-state index in [0.717, 1.165) is 12.5 Å². The van der Waals surface area contributed by atoms with E-state index in [-0.39, 0.29) is 0 Å². The first-order chi connectivity index (χ1) is 5.38. The topological polar surface area (TPSA) is 15.4 Å². The fourth-order valence-electron chi connectivity index (χ4n) is 2.32. The van der Waals surface area contributed by atoms with Crippen molar-refractivity contribution in [3.8, 4) is 0 Å². The zero-order valence-corrected chi connectivity index (χ0v) is 7.29. The molecule has 1 heterocycles. The summed E-state index contributed by atoms with van der Waals surface area (Å²) in [5, 5.41) is 4.65. The summed E-state index contributed by atoms with van der Waals surface area (Å²) in [7, 11) is 0. The molecular formula is C9H17N2+. The molecule has 0 aromatic rings. The Hall–Kier alpha value is -0.400. The highest BCUT2D eigenvalue weighted by Crippen LogP contribution is 2.29. The van der Waals surface area contributed by atoms with E-state index in [1.165, 1.54) is 32.2 Å². The highest BCUT2D eigenvalue weighted by atomic mass is 15.3. The van der Waals surface area contributed by atoms with Crippen LogP contribution in [0, 0.1) is 5.92 Å². The molecule has 1 aliphatic heterocycles. The number of hydrogen-bond acceptors (Lipinski definition) is 1. The summed E-state index contributed by atoms with van der Waals surface area (Å²) in [6.45, 7) is 4.53. The Balaban J connectivity index is 2.09. The first-order valence-corrected chi connectivity index (χ1v) is 4.84. The van der Waals surface area contributed by atoms with Gasteiger partial charge in [-0.25, -0.2) is 0 Å². The maximum absolute atomic E-state index is 4.65. The van der Waals surface area contributed by atoms with Crippen LogP contribution in [0.3, 0.4) is 0 Å². The van der Waals surface area contributed by atoms with Crippen LogP contribution in [0.1, 0.15) is 32.6 Å². The number of fused-ring (bicyclic) bond motifs is 2. The van der Waals surface area contributed by atoms with E-state index in [1.54, 1.807) is 0 Å². The van der Waals surface area contributed by atoms with Gasteiger partial charge in [-0.1, -0.05) is 6.42 Å². The van der Waals surface area contributed by atoms with Crippen molar-refractivity contribution >= 4 is 0 Å².